The van der Waals surface area contributed by atoms with Gasteiger partial charge < -0.3 is 34.7 Å². The van der Waals surface area contributed by atoms with Gasteiger partial charge in [-0.05, 0) is 79.8 Å². The average molecular weight is 643 g/mol. The zero-order chi connectivity index (χ0) is 33.2. The first-order valence-electron chi connectivity index (χ1n) is 15.8. The summed E-state index contributed by atoms with van der Waals surface area (Å²) in [7, 11) is 1.51. The van der Waals surface area contributed by atoms with Gasteiger partial charge >= 0.3 is 0 Å². The smallest absolute Gasteiger partial charge is 0.270 e. The van der Waals surface area contributed by atoms with Crippen molar-refractivity contribution in [3.8, 4) is 17.2 Å². The van der Waals surface area contributed by atoms with Gasteiger partial charge in [-0.25, -0.2) is 4.39 Å². The van der Waals surface area contributed by atoms with Gasteiger partial charge in [0.05, 0.1) is 13.2 Å². The van der Waals surface area contributed by atoms with Crippen LogP contribution in [0, 0.1) is 26.6 Å². The fourth-order valence-corrected chi connectivity index (χ4v) is 6.44. The van der Waals surface area contributed by atoms with E-state index in [9.17, 15) is 18.8 Å². The normalized spacial score (nSPS) is 19.0. The first kappa shape index (κ1) is 31.9. The number of carbonyl (C=O) groups excluding carboxylic acids is 3. The molecular formula is C36H39FN4O6. The number of aromatic amines is 1. The maximum atomic E-state index is 14.7. The molecule has 47 heavy (non-hydrogen) atoms. The molecule has 4 bridgehead atoms. The minimum Gasteiger partial charge on any atom is -0.493 e. The SMILES string of the molecule is COc1ccc2cc1OCC(=O)N[C@@H]1CN(C(=O)c3[nH]c4c(C)cc(C)cc4c3C)CC[C@H]1Oc1cc(F)cc(c1)CNC(=O)CC2. The minimum atomic E-state index is -0.629. The van der Waals surface area contributed by atoms with Crippen molar-refractivity contribution in [3.63, 3.8) is 0 Å². The highest BCUT2D eigenvalue weighted by atomic mass is 19.1. The summed E-state index contributed by atoms with van der Waals surface area (Å²) in [4.78, 5) is 44.9. The Kier molecular flexibility index (Phi) is 9.06. The molecular weight excluding hydrogens is 603 g/mol. The first-order chi connectivity index (χ1) is 22.6. The minimum absolute atomic E-state index is 0.125. The summed E-state index contributed by atoms with van der Waals surface area (Å²) >= 11 is 0. The van der Waals surface area contributed by atoms with Crippen LogP contribution in [0.2, 0.25) is 0 Å². The lowest BCUT2D eigenvalue weighted by Crippen LogP contribution is -2.58. The van der Waals surface area contributed by atoms with Crippen LogP contribution in [0.5, 0.6) is 17.2 Å². The number of methoxy groups -OCH3 is 1. The number of hydrogen-bond donors (Lipinski definition) is 3. The van der Waals surface area contributed by atoms with Crippen molar-refractivity contribution in [2.75, 3.05) is 26.8 Å². The van der Waals surface area contributed by atoms with E-state index in [4.69, 9.17) is 14.2 Å². The number of aryl methyl sites for hydroxylation is 4. The highest BCUT2D eigenvalue weighted by Gasteiger charge is 2.36. The van der Waals surface area contributed by atoms with Crippen molar-refractivity contribution in [1.82, 2.24) is 20.5 Å². The molecule has 0 radical (unpaired) electrons. The Bertz CT molecular complexity index is 1850. The van der Waals surface area contributed by atoms with Gasteiger partial charge in [0.2, 0.25) is 5.91 Å². The third-order valence-corrected chi connectivity index (χ3v) is 8.84. The van der Waals surface area contributed by atoms with Crippen LogP contribution in [-0.4, -0.2) is 66.6 Å². The molecule has 2 aliphatic heterocycles. The van der Waals surface area contributed by atoms with Crippen LogP contribution >= 0.6 is 0 Å². The number of halogens is 1. The second-order valence-corrected chi connectivity index (χ2v) is 12.3. The van der Waals surface area contributed by atoms with Gasteiger partial charge in [-0.15, -0.1) is 0 Å². The lowest BCUT2D eigenvalue weighted by atomic mass is 10.0. The summed E-state index contributed by atoms with van der Waals surface area (Å²) in [5, 5.41) is 6.86. The van der Waals surface area contributed by atoms with Crippen LogP contribution in [0.15, 0.2) is 48.5 Å². The van der Waals surface area contributed by atoms with Crippen LogP contribution < -0.4 is 24.8 Å². The average Bonchev–Trinajstić information content (AvgIpc) is 3.37. The molecule has 11 heteroatoms. The monoisotopic (exact) mass is 642 g/mol. The van der Waals surface area contributed by atoms with Crippen LogP contribution in [0.1, 0.15) is 51.1 Å². The summed E-state index contributed by atoms with van der Waals surface area (Å²) in [6.07, 6.45) is 0.449. The Morgan fingerprint density at radius 2 is 1.83 bits per heavy atom. The van der Waals surface area contributed by atoms with Crippen molar-refractivity contribution in [1.29, 1.82) is 0 Å². The number of amides is 3. The number of fused-ring (bicyclic) bond motifs is 6. The number of benzene rings is 3. The number of aromatic nitrogens is 1. The van der Waals surface area contributed by atoms with Gasteiger partial charge in [0, 0.05) is 49.4 Å². The number of carbonyl (C=O) groups is 3. The van der Waals surface area contributed by atoms with Crippen molar-refractivity contribution in [2.45, 2.75) is 58.7 Å². The number of likely N-dealkylation sites (tertiary alicyclic amines) is 1. The number of piperidine rings is 1. The van der Waals surface area contributed by atoms with Crippen molar-refractivity contribution in [3.05, 3.63) is 87.9 Å². The summed E-state index contributed by atoms with van der Waals surface area (Å²) in [5.74, 6) is -0.192. The first-order valence-corrected chi connectivity index (χ1v) is 15.8. The van der Waals surface area contributed by atoms with E-state index >= 15 is 0 Å². The van der Waals surface area contributed by atoms with Crippen LogP contribution in [0.3, 0.4) is 0 Å². The summed E-state index contributed by atoms with van der Waals surface area (Å²) in [6.45, 7) is 6.31. The van der Waals surface area contributed by atoms with Gasteiger partial charge in [-0.1, -0.05) is 17.7 Å². The molecule has 0 unspecified atom stereocenters. The predicted octanol–water partition coefficient (Wildman–Crippen LogP) is 4.66. The second kappa shape index (κ2) is 13.4. The van der Waals surface area contributed by atoms with Crippen LogP contribution in [0.4, 0.5) is 4.39 Å². The lowest BCUT2D eigenvalue weighted by molar-refractivity contribution is -0.125. The van der Waals surface area contributed by atoms with Crippen LogP contribution in [-0.2, 0) is 22.6 Å². The molecule has 6 rings (SSSR count). The third-order valence-electron chi connectivity index (χ3n) is 8.84. The molecule has 3 N–H and O–H groups in total. The summed E-state index contributed by atoms with van der Waals surface area (Å²) in [6, 6.07) is 13.1. The molecule has 1 fully saturated rings. The highest BCUT2D eigenvalue weighted by Crippen LogP contribution is 2.30. The van der Waals surface area contributed by atoms with E-state index in [2.05, 4.69) is 27.8 Å². The third kappa shape index (κ3) is 7.03. The fourth-order valence-electron chi connectivity index (χ4n) is 6.44. The molecule has 1 saturated heterocycles. The number of nitrogens with zero attached hydrogens (tertiary/aromatic N) is 1. The summed E-state index contributed by atoms with van der Waals surface area (Å²) in [5.41, 5.74) is 5.85. The highest BCUT2D eigenvalue weighted by molar-refractivity contribution is 6.02. The molecule has 0 spiro atoms. The fraction of sp³-hybridized carbons (Fsp3) is 0.361. The maximum Gasteiger partial charge on any atom is 0.270 e. The van der Waals surface area contributed by atoms with Crippen molar-refractivity contribution in [2.24, 2.45) is 0 Å². The van der Waals surface area contributed by atoms with E-state index in [1.807, 2.05) is 26.8 Å². The van der Waals surface area contributed by atoms with Crippen LogP contribution in [0.25, 0.3) is 10.9 Å². The summed E-state index contributed by atoms with van der Waals surface area (Å²) < 4.78 is 32.3. The van der Waals surface area contributed by atoms with Crippen molar-refractivity contribution >= 4 is 28.6 Å². The molecule has 3 amide bonds. The zero-order valence-electron chi connectivity index (χ0n) is 27.0. The van der Waals surface area contributed by atoms with Gasteiger partial charge in [0.1, 0.15) is 23.4 Å². The molecule has 0 saturated carbocycles. The quantitative estimate of drug-likeness (QED) is 0.293. The zero-order valence-corrected chi connectivity index (χ0v) is 27.0. The van der Waals surface area contributed by atoms with Gasteiger partial charge in [-0.3, -0.25) is 14.4 Å². The number of nitrogens with one attached hydrogen (secondary N) is 3. The van der Waals surface area contributed by atoms with E-state index in [0.717, 1.165) is 33.2 Å². The number of ether oxygens (including phenoxy) is 3. The maximum absolute atomic E-state index is 14.7. The van der Waals surface area contributed by atoms with E-state index < -0.39 is 23.9 Å². The van der Waals surface area contributed by atoms with Gasteiger partial charge in [0.25, 0.3) is 11.8 Å². The largest absolute Gasteiger partial charge is 0.493 e. The predicted molar refractivity (Wildman–Crippen MR) is 174 cm³/mol. The Hall–Kier alpha value is -5.06. The Morgan fingerprint density at radius 1 is 1.00 bits per heavy atom. The van der Waals surface area contributed by atoms with Gasteiger partial charge in [-0.2, -0.15) is 0 Å². The number of hydrogen-bond acceptors (Lipinski definition) is 6. The Labute approximate surface area is 272 Å². The Morgan fingerprint density at radius 3 is 2.64 bits per heavy atom. The molecule has 4 aromatic rings. The molecule has 246 valence electrons. The molecule has 2 aliphatic rings. The van der Waals surface area contributed by atoms with E-state index in [-0.39, 0.29) is 43.7 Å². The van der Waals surface area contributed by atoms with E-state index in [1.165, 1.54) is 19.2 Å². The molecule has 2 atom stereocenters. The van der Waals surface area contributed by atoms with E-state index in [0.29, 0.717) is 42.1 Å². The number of H-pyrrole nitrogens is 1. The standard InChI is InChI=1S/C36H39FN4O6/c1-20-11-21(2)34-27(12-20)22(3)35(40-34)36(44)41-10-9-29-28(18-41)39-33(43)19-46-31-15-23(5-7-30(31)45-4)6-8-32(42)38-17-24-13-25(37)16-26(14-24)47-29/h5,7,11-16,28-29,40H,6,8-10,17-19H2,1-4H3,(H,38,42)(H,39,43)/t28-,29-/m1/s1. The van der Waals surface area contributed by atoms with Gasteiger partial charge in [0.15, 0.2) is 18.1 Å². The molecule has 1 aromatic heterocycles. The van der Waals surface area contributed by atoms with Crippen molar-refractivity contribution < 1.29 is 33.0 Å². The molecule has 3 heterocycles. The second-order valence-electron chi connectivity index (χ2n) is 12.3. The lowest BCUT2D eigenvalue weighted by Gasteiger charge is -2.38. The molecule has 3 aromatic carbocycles. The topological polar surface area (TPSA) is 122 Å². The number of rotatable bonds is 2. The molecule has 10 nitrogen and oxygen atoms in total. The molecule has 0 aliphatic carbocycles. The van der Waals surface area contributed by atoms with E-state index in [1.54, 1.807) is 23.1 Å². The Balaban J connectivity index is 1.29.